The van der Waals surface area contributed by atoms with Gasteiger partial charge in [0.2, 0.25) is 0 Å². The molecule has 0 saturated heterocycles. The molecule has 18 heavy (non-hydrogen) atoms. The van der Waals surface area contributed by atoms with Crippen LogP contribution in [0.4, 0.5) is 0 Å². The summed E-state index contributed by atoms with van der Waals surface area (Å²) in [7, 11) is 4.07. The van der Waals surface area contributed by atoms with E-state index in [1.807, 2.05) is 25.6 Å². The van der Waals surface area contributed by atoms with E-state index >= 15 is 0 Å². The largest absolute Gasteiger partial charge is 0.317 e. The lowest BCUT2D eigenvalue weighted by Crippen LogP contribution is -2.23. The smallest absolute Gasteiger partial charge is 0.129 e. The van der Waals surface area contributed by atoms with Gasteiger partial charge in [-0.3, -0.25) is 4.68 Å². The first kappa shape index (κ1) is 12.8. The normalized spacial score (nSPS) is 11.4. The van der Waals surface area contributed by atoms with Gasteiger partial charge in [-0.2, -0.15) is 5.10 Å². The van der Waals surface area contributed by atoms with E-state index in [9.17, 15) is 0 Å². The second-order valence-corrected chi connectivity index (χ2v) is 4.72. The summed E-state index contributed by atoms with van der Waals surface area (Å²) in [4.78, 5) is 2.28. The van der Waals surface area contributed by atoms with Gasteiger partial charge in [0, 0.05) is 38.4 Å². The fourth-order valence-corrected chi connectivity index (χ4v) is 1.98. The van der Waals surface area contributed by atoms with Crippen molar-refractivity contribution in [1.29, 1.82) is 0 Å². The summed E-state index contributed by atoms with van der Waals surface area (Å²) in [5.41, 5.74) is 2.38. The van der Waals surface area contributed by atoms with Crippen molar-refractivity contribution in [2.75, 3.05) is 13.6 Å². The molecule has 0 aromatic carbocycles. The lowest BCUT2D eigenvalue weighted by atomic mass is 10.2. The predicted molar refractivity (Wildman–Crippen MR) is 69.0 cm³/mol. The maximum Gasteiger partial charge on any atom is 0.129 e. The van der Waals surface area contributed by atoms with Gasteiger partial charge in [0.15, 0.2) is 0 Å². The highest BCUT2D eigenvalue weighted by atomic mass is 15.3. The van der Waals surface area contributed by atoms with Crippen molar-refractivity contribution in [3.63, 3.8) is 0 Å². The number of aromatic nitrogens is 5. The maximum atomic E-state index is 4.35. The van der Waals surface area contributed by atoms with Crippen LogP contribution in [0.3, 0.4) is 0 Å². The first-order valence-corrected chi connectivity index (χ1v) is 6.08. The highest BCUT2D eigenvalue weighted by Crippen LogP contribution is 2.07. The maximum absolute atomic E-state index is 4.35. The fourth-order valence-electron chi connectivity index (χ4n) is 1.98. The Labute approximate surface area is 107 Å². The Morgan fingerprint density at radius 2 is 2.11 bits per heavy atom. The minimum absolute atomic E-state index is 0.911. The van der Waals surface area contributed by atoms with Crippen LogP contribution in [-0.4, -0.2) is 43.0 Å². The van der Waals surface area contributed by atoms with Gasteiger partial charge >= 0.3 is 0 Å². The Hall–Kier alpha value is -1.69. The second-order valence-electron chi connectivity index (χ2n) is 4.72. The average Bonchev–Trinajstić information content (AvgIpc) is 2.83. The zero-order chi connectivity index (χ0) is 13.1. The van der Waals surface area contributed by atoms with Crippen molar-refractivity contribution in [2.24, 2.45) is 7.05 Å². The molecule has 2 aromatic heterocycles. The molecule has 0 N–H and O–H groups in total. The molecule has 0 atom stereocenters. The zero-order valence-corrected chi connectivity index (χ0v) is 11.5. The van der Waals surface area contributed by atoms with E-state index in [4.69, 9.17) is 0 Å². The molecule has 0 bridgehead atoms. The van der Waals surface area contributed by atoms with E-state index in [1.54, 1.807) is 6.33 Å². The molecule has 0 saturated carbocycles. The Kier molecular flexibility index (Phi) is 3.76. The number of hydrogen-bond acceptors (Lipinski definition) is 4. The molecule has 0 radical (unpaired) electrons. The van der Waals surface area contributed by atoms with Crippen LogP contribution in [0.15, 0.2) is 12.5 Å². The molecule has 2 heterocycles. The topological polar surface area (TPSA) is 51.8 Å². The first-order valence-electron chi connectivity index (χ1n) is 6.08. The van der Waals surface area contributed by atoms with Crippen LogP contribution in [0.25, 0.3) is 0 Å². The quantitative estimate of drug-likeness (QED) is 0.784. The van der Waals surface area contributed by atoms with Crippen LogP contribution < -0.4 is 0 Å². The van der Waals surface area contributed by atoms with Gasteiger partial charge in [0.1, 0.15) is 12.2 Å². The van der Waals surface area contributed by atoms with Gasteiger partial charge in [-0.25, -0.2) is 0 Å². The molecular weight excluding hydrogens is 228 g/mol. The van der Waals surface area contributed by atoms with Gasteiger partial charge < -0.3 is 9.47 Å². The van der Waals surface area contributed by atoms with Gasteiger partial charge in [0.25, 0.3) is 0 Å². The van der Waals surface area contributed by atoms with E-state index in [0.29, 0.717) is 0 Å². The third-order valence-corrected chi connectivity index (χ3v) is 3.09. The predicted octanol–water partition coefficient (Wildman–Crippen LogP) is 0.760. The summed E-state index contributed by atoms with van der Waals surface area (Å²) < 4.78 is 3.93. The fraction of sp³-hybridized carbons (Fsp3) is 0.583. The molecule has 2 aromatic rings. The van der Waals surface area contributed by atoms with Crippen molar-refractivity contribution in [1.82, 2.24) is 29.4 Å². The SMILES string of the molecule is Cc1nn(C)cc1CN(C)CCn1cnnc1C. The molecule has 98 valence electrons. The number of aryl methyl sites for hydroxylation is 3. The molecular formula is C12H20N6. The van der Waals surface area contributed by atoms with E-state index in [1.165, 1.54) is 5.56 Å². The van der Waals surface area contributed by atoms with Crippen molar-refractivity contribution >= 4 is 0 Å². The zero-order valence-electron chi connectivity index (χ0n) is 11.5. The van der Waals surface area contributed by atoms with E-state index in [-0.39, 0.29) is 0 Å². The molecule has 0 spiro atoms. The lowest BCUT2D eigenvalue weighted by Gasteiger charge is -2.16. The Balaban J connectivity index is 1.87. The Morgan fingerprint density at radius 1 is 1.33 bits per heavy atom. The highest BCUT2D eigenvalue weighted by molar-refractivity contribution is 5.14. The van der Waals surface area contributed by atoms with Gasteiger partial charge in [-0.1, -0.05) is 0 Å². The molecule has 0 aliphatic rings. The van der Waals surface area contributed by atoms with Crippen LogP contribution in [0.5, 0.6) is 0 Å². The van der Waals surface area contributed by atoms with Crippen molar-refractivity contribution in [3.05, 3.63) is 29.6 Å². The molecule has 2 rings (SSSR count). The lowest BCUT2D eigenvalue weighted by molar-refractivity contribution is 0.309. The summed E-state index contributed by atoms with van der Waals surface area (Å²) in [6, 6.07) is 0. The van der Waals surface area contributed by atoms with Crippen molar-refractivity contribution in [3.8, 4) is 0 Å². The molecule has 0 aliphatic heterocycles. The van der Waals surface area contributed by atoms with Crippen LogP contribution >= 0.6 is 0 Å². The van der Waals surface area contributed by atoms with Crippen molar-refractivity contribution in [2.45, 2.75) is 26.9 Å². The minimum atomic E-state index is 0.911. The molecule has 6 heteroatoms. The number of likely N-dealkylation sites (N-methyl/N-ethyl adjacent to an activating group) is 1. The number of nitrogens with zero attached hydrogens (tertiary/aromatic N) is 6. The van der Waals surface area contributed by atoms with Crippen LogP contribution in [-0.2, 0) is 20.1 Å². The minimum Gasteiger partial charge on any atom is -0.317 e. The molecule has 0 aliphatic carbocycles. The molecule has 6 nitrogen and oxygen atoms in total. The summed E-state index contributed by atoms with van der Waals surface area (Å²) in [5, 5.41) is 12.2. The summed E-state index contributed by atoms with van der Waals surface area (Å²) >= 11 is 0. The van der Waals surface area contributed by atoms with Gasteiger partial charge in [-0.15, -0.1) is 10.2 Å². The third-order valence-electron chi connectivity index (χ3n) is 3.09. The number of hydrogen-bond donors (Lipinski definition) is 0. The Morgan fingerprint density at radius 3 is 2.67 bits per heavy atom. The van der Waals surface area contributed by atoms with Crippen LogP contribution in [0.2, 0.25) is 0 Å². The summed E-state index contributed by atoms with van der Waals surface area (Å²) in [5.74, 6) is 0.959. The van der Waals surface area contributed by atoms with Gasteiger partial charge in [-0.05, 0) is 20.9 Å². The van der Waals surface area contributed by atoms with Gasteiger partial charge in [0.05, 0.1) is 5.69 Å². The molecule has 0 amide bonds. The summed E-state index contributed by atoms with van der Waals surface area (Å²) in [6.45, 7) is 6.81. The average molecular weight is 248 g/mol. The highest BCUT2D eigenvalue weighted by Gasteiger charge is 2.07. The number of rotatable bonds is 5. The van der Waals surface area contributed by atoms with E-state index in [0.717, 1.165) is 31.2 Å². The monoisotopic (exact) mass is 248 g/mol. The van der Waals surface area contributed by atoms with Crippen molar-refractivity contribution < 1.29 is 0 Å². The first-order chi connectivity index (χ1) is 8.56. The van der Waals surface area contributed by atoms with Crippen LogP contribution in [0, 0.1) is 13.8 Å². The summed E-state index contributed by atoms with van der Waals surface area (Å²) in [6.07, 6.45) is 3.86. The van der Waals surface area contributed by atoms with E-state index < -0.39 is 0 Å². The standard InChI is InChI=1S/C12H20N6/c1-10-12(8-17(4)15-10)7-16(3)5-6-18-9-13-14-11(18)2/h8-9H,5-7H2,1-4H3. The Bertz CT molecular complexity index is 512. The molecule has 0 fully saturated rings. The van der Waals surface area contributed by atoms with Crippen LogP contribution in [0.1, 0.15) is 17.1 Å². The molecule has 0 unspecified atom stereocenters. The third kappa shape index (κ3) is 2.95. The van der Waals surface area contributed by atoms with E-state index in [2.05, 4.69) is 38.0 Å². The second kappa shape index (κ2) is 5.30.